The van der Waals surface area contributed by atoms with Gasteiger partial charge >= 0.3 is 11.8 Å². The SMILES string of the molecule is O=C(Nc1ccc(I)cc1)C(=O)N(CCO)CCO. The molecule has 7 heteroatoms. The van der Waals surface area contributed by atoms with E-state index in [2.05, 4.69) is 27.9 Å². The van der Waals surface area contributed by atoms with Crippen molar-refractivity contribution in [3.8, 4) is 0 Å². The maximum absolute atomic E-state index is 11.8. The number of nitrogens with zero attached hydrogens (tertiary/aromatic N) is 1. The highest BCUT2D eigenvalue weighted by atomic mass is 127. The minimum Gasteiger partial charge on any atom is -0.395 e. The summed E-state index contributed by atoms with van der Waals surface area (Å²) in [5.41, 5.74) is 0.520. The lowest BCUT2D eigenvalue weighted by Gasteiger charge is -2.19. The first-order valence-electron chi connectivity index (χ1n) is 5.66. The number of halogens is 1. The zero-order valence-electron chi connectivity index (χ0n) is 10.2. The first-order valence-corrected chi connectivity index (χ1v) is 6.74. The Morgan fingerprint density at radius 2 is 1.63 bits per heavy atom. The Labute approximate surface area is 124 Å². The third kappa shape index (κ3) is 5.13. The van der Waals surface area contributed by atoms with Crippen LogP contribution in [0, 0.1) is 3.57 Å². The molecule has 0 heterocycles. The predicted molar refractivity (Wildman–Crippen MR) is 78.5 cm³/mol. The minimum atomic E-state index is -0.789. The van der Waals surface area contributed by atoms with Crippen molar-refractivity contribution in [3.63, 3.8) is 0 Å². The van der Waals surface area contributed by atoms with Gasteiger partial charge in [0.25, 0.3) is 0 Å². The normalized spacial score (nSPS) is 10.1. The highest BCUT2D eigenvalue weighted by molar-refractivity contribution is 14.1. The van der Waals surface area contributed by atoms with Crippen molar-refractivity contribution in [3.05, 3.63) is 27.8 Å². The lowest BCUT2D eigenvalue weighted by molar-refractivity contribution is -0.143. The van der Waals surface area contributed by atoms with Crippen molar-refractivity contribution in [2.75, 3.05) is 31.6 Å². The maximum atomic E-state index is 11.8. The average molecular weight is 378 g/mol. The molecular formula is C12H15IN2O4. The van der Waals surface area contributed by atoms with Crippen LogP contribution in [0.2, 0.25) is 0 Å². The van der Waals surface area contributed by atoms with E-state index in [1.165, 1.54) is 0 Å². The van der Waals surface area contributed by atoms with Crippen LogP contribution in [0.1, 0.15) is 0 Å². The van der Waals surface area contributed by atoms with Gasteiger partial charge in [0, 0.05) is 22.3 Å². The molecule has 6 nitrogen and oxygen atoms in total. The number of carbonyl (C=O) groups excluding carboxylic acids is 2. The summed E-state index contributed by atoms with van der Waals surface area (Å²) in [4.78, 5) is 24.6. The van der Waals surface area contributed by atoms with E-state index in [1.807, 2.05) is 0 Å². The second-order valence-corrected chi connectivity index (χ2v) is 4.95. The average Bonchev–Trinajstić information content (AvgIpc) is 2.40. The lowest BCUT2D eigenvalue weighted by atomic mass is 10.3. The summed E-state index contributed by atoms with van der Waals surface area (Å²) >= 11 is 2.13. The molecule has 1 aromatic rings. The number of hydrogen-bond donors (Lipinski definition) is 3. The van der Waals surface area contributed by atoms with Crippen molar-refractivity contribution in [1.82, 2.24) is 4.90 Å². The highest BCUT2D eigenvalue weighted by Crippen LogP contribution is 2.11. The van der Waals surface area contributed by atoms with E-state index in [0.29, 0.717) is 5.69 Å². The molecule has 0 atom stereocenters. The molecule has 0 unspecified atom stereocenters. The zero-order chi connectivity index (χ0) is 14.3. The van der Waals surface area contributed by atoms with E-state index < -0.39 is 11.8 Å². The quantitative estimate of drug-likeness (QED) is 0.499. The number of amides is 2. The molecule has 19 heavy (non-hydrogen) atoms. The Kier molecular flexibility index (Phi) is 6.74. The van der Waals surface area contributed by atoms with Crippen LogP contribution in [-0.2, 0) is 9.59 Å². The van der Waals surface area contributed by atoms with E-state index >= 15 is 0 Å². The van der Waals surface area contributed by atoms with E-state index in [0.717, 1.165) is 8.47 Å². The fourth-order valence-corrected chi connectivity index (χ4v) is 1.78. The van der Waals surface area contributed by atoms with Gasteiger partial charge in [0.05, 0.1) is 13.2 Å². The van der Waals surface area contributed by atoms with Crippen molar-refractivity contribution in [2.24, 2.45) is 0 Å². The van der Waals surface area contributed by atoms with E-state index in [1.54, 1.807) is 24.3 Å². The number of nitrogens with one attached hydrogen (secondary N) is 1. The largest absolute Gasteiger partial charge is 0.395 e. The van der Waals surface area contributed by atoms with Crippen LogP contribution in [0.25, 0.3) is 0 Å². The third-order valence-corrected chi connectivity index (χ3v) is 3.04. The Hall–Kier alpha value is -1.19. The van der Waals surface area contributed by atoms with Crippen LogP contribution in [0.15, 0.2) is 24.3 Å². The molecule has 3 N–H and O–H groups in total. The Morgan fingerprint density at radius 1 is 1.11 bits per heavy atom. The lowest BCUT2D eigenvalue weighted by Crippen LogP contribution is -2.42. The molecule has 0 aromatic heterocycles. The standard InChI is InChI=1S/C12H15IN2O4/c13-9-1-3-10(4-2-9)14-11(18)12(19)15(5-7-16)6-8-17/h1-4,16-17H,5-8H2,(H,14,18). The fourth-order valence-electron chi connectivity index (χ4n) is 1.42. The van der Waals surface area contributed by atoms with Crippen LogP contribution >= 0.6 is 22.6 Å². The summed E-state index contributed by atoms with van der Waals surface area (Å²) in [6.45, 7) is -0.496. The Morgan fingerprint density at radius 3 is 2.11 bits per heavy atom. The number of aliphatic hydroxyl groups excluding tert-OH is 2. The zero-order valence-corrected chi connectivity index (χ0v) is 12.3. The summed E-state index contributed by atoms with van der Waals surface area (Å²) in [7, 11) is 0. The van der Waals surface area contributed by atoms with Crippen LogP contribution in [0.5, 0.6) is 0 Å². The molecule has 0 saturated carbocycles. The monoisotopic (exact) mass is 378 g/mol. The van der Waals surface area contributed by atoms with Crippen LogP contribution in [-0.4, -0.2) is 53.2 Å². The second kappa shape index (κ2) is 8.08. The first kappa shape index (κ1) is 15.9. The summed E-state index contributed by atoms with van der Waals surface area (Å²) in [6.07, 6.45) is 0. The van der Waals surface area contributed by atoms with Gasteiger partial charge < -0.3 is 20.4 Å². The molecular weight excluding hydrogens is 363 g/mol. The van der Waals surface area contributed by atoms with E-state index in [-0.39, 0.29) is 26.3 Å². The van der Waals surface area contributed by atoms with Gasteiger partial charge in [-0.25, -0.2) is 0 Å². The second-order valence-electron chi connectivity index (χ2n) is 3.70. The van der Waals surface area contributed by atoms with Gasteiger partial charge in [0.2, 0.25) is 0 Å². The van der Waals surface area contributed by atoms with Crippen molar-refractivity contribution in [1.29, 1.82) is 0 Å². The van der Waals surface area contributed by atoms with Gasteiger partial charge in [-0.2, -0.15) is 0 Å². The summed E-state index contributed by atoms with van der Waals surface area (Å²) in [5, 5.41) is 20.1. The van der Waals surface area contributed by atoms with Crippen LogP contribution < -0.4 is 5.32 Å². The maximum Gasteiger partial charge on any atom is 0.313 e. The molecule has 0 spiro atoms. The summed E-state index contributed by atoms with van der Waals surface area (Å²) in [6, 6.07) is 6.99. The molecule has 104 valence electrons. The summed E-state index contributed by atoms with van der Waals surface area (Å²) < 4.78 is 1.02. The number of rotatable bonds is 5. The van der Waals surface area contributed by atoms with Crippen molar-refractivity contribution < 1.29 is 19.8 Å². The van der Waals surface area contributed by atoms with Gasteiger partial charge in [-0.3, -0.25) is 9.59 Å². The molecule has 1 aromatic carbocycles. The van der Waals surface area contributed by atoms with Crippen LogP contribution in [0.4, 0.5) is 5.69 Å². The summed E-state index contributed by atoms with van der Waals surface area (Å²) in [5.74, 6) is -1.57. The van der Waals surface area contributed by atoms with E-state index in [9.17, 15) is 9.59 Å². The minimum absolute atomic E-state index is 0.0134. The molecule has 0 aliphatic heterocycles. The number of anilines is 1. The van der Waals surface area contributed by atoms with Gasteiger partial charge in [0.15, 0.2) is 0 Å². The van der Waals surface area contributed by atoms with Crippen molar-refractivity contribution in [2.45, 2.75) is 0 Å². The van der Waals surface area contributed by atoms with Crippen molar-refractivity contribution >= 4 is 40.1 Å². The van der Waals surface area contributed by atoms with Gasteiger partial charge in [-0.1, -0.05) is 0 Å². The molecule has 0 aliphatic carbocycles. The molecule has 1 rings (SSSR count). The predicted octanol–water partition coefficient (Wildman–Crippen LogP) is 0.0429. The number of carbonyl (C=O) groups is 2. The van der Waals surface area contributed by atoms with Crippen LogP contribution in [0.3, 0.4) is 0 Å². The topological polar surface area (TPSA) is 89.9 Å². The molecule has 0 aliphatic rings. The van der Waals surface area contributed by atoms with E-state index in [4.69, 9.17) is 10.2 Å². The van der Waals surface area contributed by atoms with Gasteiger partial charge in [0.1, 0.15) is 0 Å². The molecule has 0 saturated heterocycles. The fraction of sp³-hybridized carbons (Fsp3) is 0.333. The van der Waals surface area contributed by atoms with Gasteiger partial charge in [-0.05, 0) is 46.9 Å². The number of benzene rings is 1. The molecule has 0 radical (unpaired) electrons. The first-order chi connectivity index (χ1) is 9.08. The Bertz CT molecular complexity index is 430. The molecule has 0 bridgehead atoms. The highest BCUT2D eigenvalue weighted by Gasteiger charge is 2.20. The third-order valence-electron chi connectivity index (χ3n) is 2.32. The molecule has 0 fully saturated rings. The molecule has 2 amide bonds. The Balaban J connectivity index is 2.65. The smallest absolute Gasteiger partial charge is 0.313 e. The van der Waals surface area contributed by atoms with Gasteiger partial charge in [-0.15, -0.1) is 0 Å². The number of hydrogen-bond acceptors (Lipinski definition) is 4. The number of aliphatic hydroxyl groups is 2.